The number of benzene rings is 2. The predicted octanol–water partition coefficient (Wildman–Crippen LogP) is 7.25. The van der Waals surface area contributed by atoms with Crippen LogP contribution in [0.25, 0.3) is 17.2 Å². The molecule has 1 aliphatic rings. The average molecular weight is 565 g/mol. The summed E-state index contributed by atoms with van der Waals surface area (Å²) in [7, 11) is 0. The Morgan fingerprint density at radius 3 is 2.50 bits per heavy atom. The minimum absolute atomic E-state index is 0.306. The van der Waals surface area contributed by atoms with E-state index in [-0.39, 0.29) is 11.7 Å². The number of likely N-dealkylation sites (tertiary alicyclic amines) is 1. The van der Waals surface area contributed by atoms with E-state index in [1.54, 1.807) is 42.0 Å². The van der Waals surface area contributed by atoms with E-state index in [9.17, 15) is 18.0 Å². The Balaban J connectivity index is 1.17. The minimum Gasteiger partial charge on any atom is -0.406 e. The number of nitrogens with zero attached hydrogens (tertiary/aromatic N) is 3. The summed E-state index contributed by atoms with van der Waals surface area (Å²) in [4.78, 5) is 24.2. The number of pyridine rings is 1. The highest BCUT2D eigenvalue weighted by molar-refractivity contribution is 7.10. The Labute approximate surface area is 234 Å². The van der Waals surface area contributed by atoms with Crippen molar-refractivity contribution < 1.29 is 22.7 Å². The van der Waals surface area contributed by atoms with Crippen LogP contribution in [0.2, 0.25) is 0 Å². The number of anilines is 1. The van der Waals surface area contributed by atoms with Gasteiger partial charge in [-0.1, -0.05) is 42.5 Å². The van der Waals surface area contributed by atoms with Crippen LogP contribution in [0.15, 0.2) is 84.5 Å². The van der Waals surface area contributed by atoms with Crippen LogP contribution in [0.5, 0.6) is 5.75 Å². The lowest BCUT2D eigenvalue weighted by molar-refractivity contribution is -0.274. The molecule has 0 unspecified atom stereocenters. The highest BCUT2D eigenvalue weighted by atomic mass is 32.1. The molecule has 1 saturated heterocycles. The molecule has 206 valence electrons. The molecule has 0 saturated carbocycles. The minimum atomic E-state index is -4.76. The second-order valence-corrected chi connectivity index (χ2v) is 10.3. The summed E-state index contributed by atoms with van der Waals surface area (Å²) >= 11 is 1.50. The first-order valence-electron chi connectivity index (χ1n) is 12.8. The first-order chi connectivity index (χ1) is 19.3. The molecule has 0 spiro atoms. The van der Waals surface area contributed by atoms with Gasteiger partial charge in [0.1, 0.15) is 11.4 Å². The van der Waals surface area contributed by atoms with E-state index in [4.69, 9.17) is 0 Å². The summed E-state index contributed by atoms with van der Waals surface area (Å²) < 4.78 is 41.4. The van der Waals surface area contributed by atoms with E-state index in [1.165, 1.54) is 35.6 Å². The number of hydrogen-bond donors (Lipinski definition) is 1. The molecule has 0 bridgehead atoms. The van der Waals surface area contributed by atoms with Crippen LogP contribution >= 0.6 is 11.3 Å². The van der Waals surface area contributed by atoms with Gasteiger partial charge in [0.15, 0.2) is 0 Å². The van der Waals surface area contributed by atoms with E-state index in [2.05, 4.69) is 37.1 Å². The van der Waals surface area contributed by atoms with Crippen molar-refractivity contribution in [3.63, 3.8) is 0 Å². The van der Waals surface area contributed by atoms with Crippen LogP contribution in [-0.4, -0.2) is 46.8 Å². The van der Waals surface area contributed by atoms with Gasteiger partial charge >= 0.3 is 6.36 Å². The molecule has 2 aromatic heterocycles. The van der Waals surface area contributed by atoms with E-state index in [1.807, 2.05) is 12.1 Å². The molecule has 1 N–H and O–H groups in total. The number of carbonyl (C=O) groups excluding carboxylic acids is 1. The largest absolute Gasteiger partial charge is 0.573 e. The van der Waals surface area contributed by atoms with Crippen LogP contribution in [-0.2, 0) is 0 Å². The van der Waals surface area contributed by atoms with Gasteiger partial charge in [0.05, 0.1) is 5.01 Å². The fraction of sp³-hybridized carbons (Fsp3) is 0.233. The molecular formula is C30H27F3N4O2S. The molecule has 1 aliphatic heterocycles. The van der Waals surface area contributed by atoms with Crippen molar-refractivity contribution >= 4 is 29.0 Å². The van der Waals surface area contributed by atoms with Crippen molar-refractivity contribution in [2.24, 2.45) is 0 Å². The maximum Gasteiger partial charge on any atom is 0.573 e. The first-order valence-corrected chi connectivity index (χ1v) is 13.7. The second-order valence-electron chi connectivity index (χ2n) is 9.40. The third-order valence-electron chi connectivity index (χ3n) is 6.65. The van der Waals surface area contributed by atoms with Gasteiger partial charge in [0, 0.05) is 41.5 Å². The molecule has 1 amide bonds. The quantitative estimate of drug-likeness (QED) is 0.244. The van der Waals surface area contributed by atoms with Gasteiger partial charge in [0.25, 0.3) is 5.91 Å². The maximum absolute atomic E-state index is 13.1. The smallest absolute Gasteiger partial charge is 0.406 e. The molecule has 40 heavy (non-hydrogen) atoms. The van der Waals surface area contributed by atoms with Crippen LogP contribution in [0.1, 0.15) is 39.8 Å². The van der Waals surface area contributed by atoms with Crippen molar-refractivity contribution in [3.8, 4) is 16.9 Å². The number of rotatable bonds is 8. The number of aromatic nitrogens is 2. The van der Waals surface area contributed by atoms with E-state index >= 15 is 0 Å². The van der Waals surface area contributed by atoms with Crippen LogP contribution in [0.3, 0.4) is 0 Å². The van der Waals surface area contributed by atoms with Gasteiger partial charge in [-0.15, -0.1) is 24.5 Å². The van der Waals surface area contributed by atoms with E-state index in [0.29, 0.717) is 28.4 Å². The van der Waals surface area contributed by atoms with Gasteiger partial charge in [-0.2, -0.15) is 0 Å². The molecule has 3 heterocycles. The number of hydrogen-bond acceptors (Lipinski definition) is 6. The monoisotopic (exact) mass is 564 g/mol. The van der Waals surface area contributed by atoms with Crippen LogP contribution < -0.4 is 10.1 Å². The fourth-order valence-corrected chi connectivity index (χ4v) is 5.59. The molecule has 6 nitrogen and oxygen atoms in total. The number of ether oxygens (including phenoxy) is 1. The summed E-state index contributed by atoms with van der Waals surface area (Å²) in [6.45, 7) is 2.82. The van der Waals surface area contributed by atoms with Gasteiger partial charge in [-0.25, -0.2) is 4.98 Å². The topological polar surface area (TPSA) is 67.3 Å². The third-order valence-corrected chi connectivity index (χ3v) is 7.65. The third kappa shape index (κ3) is 7.34. The highest BCUT2D eigenvalue weighted by Gasteiger charge is 2.31. The maximum atomic E-state index is 13.1. The van der Waals surface area contributed by atoms with Crippen molar-refractivity contribution in [1.82, 2.24) is 14.9 Å². The number of nitrogens with one attached hydrogen (secondary N) is 1. The molecule has 0 radical (unpaired) electrons. The number of para-hydroxylation sites is 1. The van der Waals surface area contributed by atoms with Crippen molar-refractivity contribution in [1.29, 1.82) is 0 Å². The number of amides is 1. The molecule has 1 fully saturated rings. The lowest BCUT2D eigenvalue weighted by Gasteiger charge is -2.30. The average Bonchev–Trinajstić information content (AvgIpc) is 3.45. The highest BCUT2D eigenvalue weighted by Crippen LogP contribution is 2.33. The van der Waals surface area contributed by atoms with Gasteiger partial charge in [0.2, 0.25) is 0 Å². The second kappa shape index (κ2) is 12.4. The Hall–Kier alpha value is -4.02. The number of carbonyl (C=O) groups is 1. The zero-order chi connectivity index (χ0) is 28.0. The first kappa shape index (κ1) is 27.5. The molecule has 5 rings (SSSR count). The van der Waals surface area contributed by atoms with Crippen molar-refractivity contribution in [2.45, 2.75) is 25.1 Å². The predicted molar refractivity (Wildman–Crippen MR) is 150 cm³/mol. The molecular weight excluding hydrogens is 537 g/mol. The normalized spacial score (nSPS) is 14.9. The van der Waals surface area contributed by atoms with Crippen LogP contribution in [0.4, 0.5) is 18.9 Å². The molecule has 2 aromatic carbocycles. The number of thiazole rings is 1. The molecule has 0 atom stereocenters. The summed E-state index contributed by atoms with van der Waals surface area (Å²) in [6.07, 6.45) is 5.05. The number of halogens is 3. The summed E-state index contributed by atoms with van der Waals surface area (Å²) in [5.74, 6) is -0.317. The Kier molecular flexibility index (Phi) is 8.57. The lowest BCUT2D eigenvalue weighted by Crippen LogP contribution is -2.33. The van der Waals surface area contributed by atoms with Crippen molar-refractivity contribution in [2.75, 3.05) is 25.0 Å². The number of piperidine rings is 1. The summed E-state index contributed by atoms with van der Waals surface area (Å²) in [5, 5.41) is 5.65. The fourth-order valence-electron chi connectivity index (χ4n) is 4.62. The molecule has 10 heteroatoms. The summed E-state index contributed by atoms with van der Waals surface area (Å²) in [6, 6.07) is 16.6. The van der Waals surface area contributed by atoms with Gasteiger partial charge in [-0.3, -0.25) is 14.7 Å². The van der Waals surface area contributed by atoms with Gasteiger partial charge in [-0.05, 0) is 67.4 Å². The van der Waals surface area contributed by atoms with E-state index < -0.39 is 6.36 Å². The van der Waals surface area contributed by atoms with Crippen LogP contribution in [0, 0.1) is 0 Å². The zero-order valence-electron chi connectivity index (χ0n) is 21.5. The molecule has 4 aromatic rings. The molecule has 0 aliphatic carbocycles. The SMILES string of the molecule is O=C(Nc1ccccc1-c1ccc(OC(F)(F)F)cc1)c1csc(C2CCN(C/C=C\c3ccncc3)CC2)n1. The van der Waals surface area contributed by atoms with Crippen molar-refractivity contribution in [3.05, 3.63) is 101 Å². The Morgan fingerprint density at radius 2 is 1.77 bits per heavy atom. The zero-order valence-corrected chi connectivity index (χ0v) is 22.3. The van der Waals surface area contributed by atoms with E-state index in [0.717, 1.165) is 43.0 Å². The Bertz CT molecular complexity index is 1450. The lowest BCUT2D eigenvalue weighted by atomic mass is 9.97. The summed E-state index contributed by atoms with van der Waals surface area (Å²) in [5.41, 5.74) is 3.35. The number of alkyl halides is 3. The Morgan fingerprint density at radius 1 is 1.05 bits per heavy atom. The standard InChI is InChI=1S/C30H27F3N4O2S/c31-30(32,33)39-24-9-7-22(8-10-24)25-5-1-2-6-26(25)35-28(38)27-20-40-29(36-27)23-13-18-37(19-14-23)17-3-4-21-11-15-34-16-12-21/h1-12,15-16,20,23H,13-14,17-19H2,(H,35,38)/b4-3-. The van der Waals surface area contributed by atoms with Gasteiger partial charge < -0.3 is 10.1 Å².